The van der Waals surface area contributed by atoms with Gasteiger partial charge in [0.15, 0.2) is 0 Å². The van der Waals surface area contributed by atoms with Crippen LogP contribution in [0.15, 0.2) is 157 Å². The van der Waals surface area contributed by atoms with Crippen LogP contribution in [-0.4, -0.2) is 7.05 Å². The van der Waals surface area contributed by atoms with Crippen LogP contribution in [0.4, 0.5) is 28.4 Å². The maximum absolute atomic E-state index is 2.38. The van der Waals surface area contributed by atoms with Crippen molar-refractivity contribution in [3.05, 3.63) is 163 Å². The molecule has 5 aromatic rings. The van der Waals surface area contributed by atoms with Gasteiger partial charge in [0.05, 0.1) is 0 Å². The second-order valence-corrected chi connectivity index (χ2v) is 10.8. The number of para-hydroxylation sites is 1. The van der Waals surface area contributed by atoms with Gasteiger partial charge in [-0.15, -0.1) is 0 Å². The third kappa shape index (κ3) is 6.02. The van der Waals surface area contributed by atoms with E-state index in [1.54, 1.807) is 0 Å². The summed E-state index contributed by atoms with van der Waals surface area (Å²) in [6.07, 6.45) is 8.86. The summed E-state index contributed by atoms with van der Waals surface area (Å²) in [6.45, 7) is 2.33. The molecular formula is C39H36N2. The van der Waals surface area contributed by atoms with Crippen LogP contribution < -0.4 is 9.80 Å². The Hall–Kier alpha value is -4.82. The van der Waals surface area contributed by atoms with Gasteiger partial charge in [0, 0.05) is 35.5 Å². The number of hydrogen-bond donors (Lipinski definition) is 0. The fourth-order valence-electron chi connectivity index (χ4n) is 5.59. The molecule has 41 heavy (non-hydrogen) atoms. The van der Waals surface area contributed by atoms with E-state index in [1.165, 1.54) is 28.0 Å². The fourth-order valence-corrected chi connectivity index (χ4v) is 5.59. The summed E-state index contributed by atoms with van der Waals surface area (Å²) in [5.74, 6) is 0.580. The van der Waals surface area contributed by atoms with E-state index >= 15 is 0 Å². The van der Waals surface area contributed by atoms with Crippen LogP contribution in [0, 0.1) is 5.92 Å². The molecule has 1 aliphatic rings. The maximum atomic E-state index is 2.38. The lowest BCUT2D eigenvalue weighted by molar-refractivity contribution is 0.666. The minimum absolute atomic E-state index is 0.580. The lowest BCUT2D eigenvalue weighted by Crippen LogP contribution is -2.12. The van der Waals surface area contributed by atoms with Crippen LogP contribution in [0.5, 0.6) is 0 Å². The summed E-state index contributed by atoms with van der Waals surface area (Å²) >= 11 is 0. The first-order chi connectivity index (χ1) is 20.2. The molecule has 0 aliphatic heterocycles. The third-order valence-electron chi connectivity index (χ3n) is 8.00. The average molecular weight is 533 g/mol. The van der Waals surface area contributed by atoms with Gasteiger partial charge in [-0.25, -0.2) is 0 Å². The van der Waals surface area contributed by atoms with E-state index in [0.29, 0.717) is 5.92 Å². The molecule has 2 nitrogen and oxygen atoms in total. The van der Waals surface area contributed by atoms with Crippen molar-refractivity contribution in [1.82, 2.24) is 0 Å². The van der Waals surface area contributed by atoms with E-state index in [0.717, 1.165) is 35.6 Å². The minimum Gasteiger partial charge on any atom is -0.345 e. The van der Waals surface area contributed by atoms with Gasteiger partial charge >= 0.3 is 0 Å². The lowest BCUT2D eigenvalue weighted by atomic mass is 9.88. The molecule has 0 saturated heterocycles. The molecule has 0 N–H and O–H groups in total. The Balaban J connectivity index is 1.39. The molecule has 0 heterocycles. The number of hydrogen-bond acceptors (Lipinski definition) is 2. The first kappa shape index (κ1) is 26.4. The molecule has 0 saturated carbocycles. The quantitative estimate of drug-likeness (QED) is 0.196. The maximum Gasteiger partial charge on any atom is 0.0467 e. The highest BCUT2D eigenvalue weighted by Crippen LogP contribution is 2.38. The van der Waals surface area contributed by atoms with Crippen molar-refractivity contribution in [2.24, 2.45) is 5.92 Å². The highest BCUT2D eigenvalue weighted by molar-refractivity contribution is 5.81. The molecule has 0 spiro atoms. The number of anilines is 5. The summed E-state index contributed by atoms with van der Waals surface area (Å²) in [4.78, 5) is 4.60. The zero-order valence-electron chi connectivity index (χ0n) is 23.8. The van der Waals surface area contributed by atoms with Crippen molar-refractivity contribution < 1.29 is 0 Å². The first-order valence-corrected chi connectivity index (χ1v) is 14.4. The van der Waals surface area contributed by atoms with E-state index in [9.17, 15) is 0 Å². The molecule has 6 rings (SSSR count). The smallest absolute Gasteiger partial charge is 0.0467 e. The largest absolute Gasteiger partial charge is 0.345 e. The van der Waals surface area contributed by atoms with Crippen molar-refractivity contribution in [3.8, 4) is 11.1 Å². The second-order valence-electron chi connectivity index (χ2n) is 10.8. The summed E-state index contributed by atoms with van der Waals surface area (Å²) in [7, 11) is 2.12. The predicted octanol–water partition coefficient (Wildman–Crippen LogP) is 10.7. The summed E-state index contributed by atoms with van der Waals surface area (Å²) in [6, 6.07) is 47.9. The van der Waals surface area contributed by atoms with Gasteiger partial charge in [0.1, 0.15) is 0 Å². The van der Waals surface area contributed by atoms with E-state index in [1.807, 2.05) is 0 Å². The zero-order chi connectivity index (χ0) is 28.0. The minimum atomic E-state index is 0.580. The van der Waals surface area contributed by atoms with Gasteiger partial charge < -0.3 is 9.80 Å². The van der Waals surface area contributed by atoms with Crippen LogP contribution in [0.2, 0.25) is 0 Å². The molecule has 0 amide bonds. The van der Waals surface area contributed by atoms with Crippen molar-refractivity contribution in [3.63, 3.8) is 0 Å². The Morgan fingerprint density at radius 3 is 1.90 bits per heavy atom. The Bertz CT molecular complexity index is 1650. The van der Waals surface area contributed by atoms with Crippen molar-refractivity contribution >= 4 is 28.4 Å². The summed E-state index contributed by atoms with van der Waals surface area (Å²) in [5.41, 5.74) is 11.0. The van der Waals surface area contributed by atoms with Crippen LogP contribution in [0.3, 0.4) is 0 Å². The lowest BCUT2D eigenvalue weighted by Gasteiger charge is -2.28. The summed E-state index contributed by atoms with van der Waals surface area (Å²) < 4.78 is 0. The SMILES string of the molecule is CC1CC=CC=C1Cc1cccc(N(c2ccc(N(C)c3ccccc3)cc2)c2cccc(-c3ccccc3)c2)c1. The topological polar surface area (TPSA) is 6.48 Å². The van der Waals surface area contributed by atoms with Gasteiger partial charge in [-0.1, -0.05) is 104 Å². The van der Waals surface area contributed by atoms with Crippen LogP contribution in [0.25, 0.3) is 11.1 Å². The van der Waals surface area contributed by atoms with Gasteiger partial charge in [-0.05, 0) is 96.1 Å². The molecule has 0 radical (unpaired) electrons. The molecule has 0 aromatic heterocycles. The standard InChI is InChI=1S/C39H36N2/c1-30-13-9-10-17-33(30)27-31-14-11-21-38(28-31)41(39-22-12-18-34(29-39)32-15-5-3-6-16-32)37-25-23-36(24-26-37)40(2)35-19-7-4-8-20-35/h3-12,14-26,28-30H,13,27H2,1-2H3. The fraction of sp³-hybridized carbons (Fsp3) is 0.128. The Kier molecular flexibility index (Phi) is 7.82. The molecule has 0 fully saturated rings. The van der Waals surface area contributed by atoms with Crippen LogP contribution in [0.1, 0.15) is 18.9 Å². The molecule has 1 aliphatic carbocycles. The number of rotatable bonds is 8. The average Bonchev–Trinajstić information content (AvgIpc) is 3.04. The molecule has 5 aromatic carbocycles. The van der Waals surface area contributed by atoms with Gasteiger partial charge in [-0.2, -0.15) is 0 Å². The molecule has 0 bridgehead atoms. The normalized spacial score (nSPS) is 14.4. The van der Waals surface area contributed by atoms with Gasteiger partial charge in [-0.3, -0.25) is 0 Å². The molecule has 202 valence electrons. The second kappa shape index (κ2) is 12.1. The molecule has 1 unspecified atom stereocenters. The zero-order valence-corrected chi connectivity index (χ0v) is 23.8. The van der Waals surface area contributed by atoms with Crippen LogP contribution >= 0.6 is 0 Å². The monoisotopic (exact) mass is 532 g/mol. The van der Waals surface area contributed by atoms with Gasteiger partial charge in [0.2, 0.25) is 0 Å². The van der Waals surface area contributed by atoms with Crippen molar-refractivity contribution in [1.29, 1.82) is 0 Å². The molecular weight excluding hydrogens is 496 g/mol. The highest BCUT2D eigenvalue weighted by atomic mass is 15.1. The first-order valence-electron chi connectivity index (χ1n) is 14.4. The third-order valence-corrected chi connectivity index (χ3v) is 8.00. The van der Waals surface area contributed by atoms with Crippen molar-refractivity contribution in [2.45, 2.75) is 19.8 Å². The van der Waals surface area contributed by atoms with Crippen LogP contribution in [-0.2, 0) is 6.42 Å². The molecule has 1 atom stereocenters. The Morgan fingerprint density at radius 1 is 0.585 bits per heavy atom. The number of benzene rings is 5. The molecule has 2 heteroatoms. The number of allylic oxidation sites excluding steroid dienone is 4. The van der Waals surface area contributed by atoms with E-state index in [-0.39, 0.29) is 0 Å². The predicted molar refractivity (Wildman–Crippen MR) is 176 cm³/mol. The van der Waals surface area contributed by atoms with E-state index in [2.05, 4.69) is 175 Å². The van der Waals surface area contributed by atoms with E-state index in [4.69, 9.17) is 0 Å². The van der Waals surface area contributed by atoms with Crippen molar-refractivity contribution in [2.75, 3.05) is 16.8 Å². The Morgan fingerprint density at radius 2 is 1.17 bits per heavy atom. The Labute approximate surface area is 244 Å². The van der Waals surface area contributed by atoms with Gasteiger partial charge in [0.25, 0.3) is 0 Å². The number of nitrogens with zero attached hydrogens (tertiary/aromatic N) is 2. The highest BCUT2D eigenvalue weighted by Gasteiger charge is 2.16. The summed E-state index contributed by atoms with van der Waals surface area (Å²) in [5, 5.41) is 0. The van der Waals surface area contributed by atoms with E-state index < -0.39 is 0 Å².